The Balaban J connectivity index is 1.64. The lowest BCUT2D eigenvalue weighted by Crippen LogP contribution is -2.57. The van der Waals surface area contributed by atoms with Gasteiger partial charge in [-0.1, -0.05) is 30.3 Å². The number of amides is 4. The molecular formula is C29H37N5O5. The summed E-state index contributed by atoms with van der Waals surface area (Å²) in [6, 6.07) is 15.6. The van der Waals surface area contributed by atoms with E-state index in [0.29, 0.717) is 61.1 Å². The van der Waals surface area contributed by atoms with Gasteiger partial charge < -0.3 is 25.0 Å². The SMILES string of the molecule is CCNC(=O)N1CCN(CC2=C(C(=O)OCC)[C@@H](c3cccc(Oc4ccccc4)c3)NC(=O)N2C)C[C@@H]1C. The molecular weight excluding hydrogens is 498 g/mol. The van der Waals surface area contributed by atoms with E-state index in [2.05, 4.69) is 15.5 Å². The van der Waals surface area contributed by atoms with E-state index >= 15 is 0 Å². The average Bonchev–Trinajstić information content (AvgIpc) is 2.92. The Morgan fingerprint density at radius 3 is 2.49 bits per heavy atom. The number of hydrogen-bond acceptors (Lipinski definition) is 6. The minimum Gasteiger partial charge on any atom is -0.463 e. The van der Waals surface area contributed by atoms with E-state index in [4.69, 9.17) is 9.47 Å². The first kappa shape index (κ1) is 28.0. The number of hydrogen-bond donors (Lipinski definition) is 2. The van der Waals surface area contributed by atoms with Crippen LogP contribution < -0.4 is 15.4 Å². The Kier molecular flexibility index (Phi) is 9.08. The van der Waals surface area contributed by atoms with Gasteiger partial charge in [0.25, 0.3) is 0 Å². The van der Waals surface area contributed by atoms with E-state index < -0.39 is 12.0 Å². The number of likely N-dealkylation sites (N-methyl/N-ethyl adjacent to an activating group) is 1. The summed E-state index contributed by atoms with van der Waals surface area (Å²) in [4.78, 5) is 44.4. The molecule has 2 N–H and O–H groups in total. The first-order valence-corrected chi connectivity index (χ1v) is 13.4. The van der Waals surface area contributed by atoms with Gasteiger partial charge in [-0.3, -0.25) is 9.80 Å². The Bertz CT molecular complexity index is 1220. The summed E-state index contributed by atoms with van der Waals surface area (Å²) in [7, 11) is 1.66. The molecule has 2 aliphatic rings. The molecule has 2 aromatic rings. The van der Waals surface area contributed by atoms with Crippen LogP contribution >= 0.6 is 0 Å². The lowest BCUT2D eigenvalue weighted by molar-refractivity contribution is -0.139. The van der Waals surface area contributed by atoms with Crippen LogP contribution in [0.5, 0.6) is 11.5 Å². The molecule has 1 fully saturated rings. The molecule has 0 aliphatic carbocycles. The van der Waals surface area contributed by atoms with Gasteiger partial charge in [-0.05, 0) is 50.6 Å². The summed E-state index contributed by atoms with van der Waals surface area (Å²) in [5.74, 6) is 0.796. The maximum Gasteiger partial charge on any atom is 0.338 e. The third-order valence-electron chi connectivity index (χ3n) is 6.92. The predicted octanol–water partition coefficient (Wildman–Crippen LogP) is 3.73. The number of rotatable bonds is 8. The summed E-state index contributed by atoms with van der Waals surface area (Å²) in [5, 5.41) is 5.83. The van der Waals surface area contributed by atoms with Crippen molar-refractivity contribution in [1.29, 1.82) is 0 Å². The van der Waals surface area contributed by atoms with Crippen LogP contribution in [-0.2, 0) is 9.53 Å². The van der Waals surface area contributed by atoms with Crippen LogP contribution in [0.1, 0.15) is 32.4 Å². The second-order valence-electron chi connectivity index (χ2n) is 9.62. The van der Waals surface area contributed by atoms with E-state index in [1.807, 2.05) is 73.3 Å². The monoisotopic (exact) mass is 535 g/mol. The fraction of sp³-hybridized carbons (Fsp3) is 0.414. The molecule has 0 bridgehead atoms. The average molecular weight is 536 g/mol. The number of esters is 1. The quantitative estimate of drug-likeness (QED) is 0.500. The Morgan fingerprint density at radius 2 is 1.79 bits per heavy atom. The second kappa shape index (κ2) is 12.7. The van der Waals surface area contributed by atoms with Crippen LogP contribution in [-0.4, -0.2) is 85.2 Å². The number of benzene rings is 2. The van der Waals surface area contributed by atoms with Gasteiger partial charge in [0.1, 0.15) is 11.5 Å². The molecule has 39 heavy (non-hydrogen) atoms. The maximum absolute atomic E-state index is 13.4. The smallest absolute Gasteiger partial charge is 0.338 e. The number of carbonyl (C=O) groups is 3. The number of piperazine rings is 1. The van der Waals surface area contributed by atoms with E-state index in [-0.39, 0.29) is 24.7 Å². The topological polar surface area (TPSA) is 103 Å². The van der Waals surface area contributed by atoms with Crippen LogP contribution in [0.25, 0.3) is 0 Å². The number of ether oxygens (including phenoxy) is 2. The van der Waals surface area contributed by atoms with Crippen molar-refractivity contribution in [2.75, 3.05) is 46.4 Å². The first-order chi connectivity index (χ1) is 18.8. The largest absolute Gasteiger partial charge is 0.463 e. The molecule has 0 radical (unpaired) electrons. The highest BCUT2D eigenvalue weighted by atomic mass is 16.5. The summed E-state index contributed by atoms with van der Waals surface area (Å²) in [5.41, 5.74) is 1.67. The molecule has 0 aromatic heterocycles. The van der Waals surface area contributed by atoms with Crippen molar-refractivity contribution < 1.29 is 23.9 Å². The van der Waals surface area contributed by atoms with Gasteiger partial charge in [-0.25, -0.2) is 14.4 Å². The normalized spacial score (nSPS) is 19.9. The summed E-state index contributed by atoms with van der Waals surface area (Å²) in [6.45, 7) is 8.57. The van der Waals surface area contributed by atoms with Crippen LogP contribution in [0.2, 0.25) is 0 Å². The molecule has 2 heterocycles. The van der Waals surface area contributed by atoms with Crippen LogP contribution in [0, 0.1) is 0 Å². The fourth-order valence-electron chi connectivity index (χ4n) is 4.97. The van der Waals surface area contributed by atoms with Gasteiger partial charge in [-0.15, -0.1) is 0 Å². The van der Waals surface area contributed by atoms with Crippen molar-refractivity contribution in [3.8, 4) is 11.5 Å². The van der Waals surface area contributed by atoms with E-state index in [0.717, 1.165) is 0 Å². The Labute approximate surface area is 229 Å². The zero-order chi connectivity index (χ0) is 27.9. The van der Waals surface area contributed by atoms with Crippen molar-refractivity contribution in [3.63, 3.8) is 0 Å². The first-order valence-electron chi connectivity index (χ1n) is 13.4. The van der Waals surface area contributed by atoms with Gasteiger partial charge in [0.2, 0.25) is 0 Å². The minimum absolute atomic E-state index is 0.0257. The molecule has 0 unspecified atom stereocenters. The summed E-state index contributed by atoms with van der Waals surface area (Å²) >= 11 is 0. The molecule has 1 saturated heterocycles. The molecule has 4 rings (SSSR count). The zero-order valence-corrected chi connectivity index (χ0v) is 23.0. The number of urea groups is 2. The molecule has 208 valence electrons. The third kappa shape index (κ3) is 6.51. The highest BCUT2D eigenvalue weighted by molar-refractivity contribution is 5.95. The van der Waals surface area contributed by atoms with Crippen molar-refractivity contribution in [2.45, 2.75) is 32.9 Å². The lowest BCUT2D eigenvalue weighted by Gasteiger charge is -2.42. The van der Waals surface area contributed by atoms with Crippen molar-refractivity contribution in [3.05, 3.63) is 71.4 Å². The van der Waals surface area contributed by atoms with E-state index in [1.54, 1.807) is 14.0 Å². The van der Waals surface area contributed by atoms with Crippen molar-refractivity contribution in [2.24, 2.45) is 0 Å². The van der Waals surface area contributed by atoms with Gasteiger partial charge in [0.05, 0.1) is 18.2 Å². The number of nitrogens with zero attached hydrogens (tertiary/aromatic N) is 3. The van der Waals surface area contributed by atoms with Crippen molar-refractivity contribution in [1.82, 2.24) is 25.3 Å². The van der Waals surface area contributed by atoms with Crippen LogP contribution in [0.4, 0.5) is 9.59 Å². The number of para-hydroxylation sites is 1. The summed E-state index contributed by atoms with van der Waals surface area (Å²) < 4.78 is 11.5. The number of nitrogens with one attached hydrogen (secondary N) is 2. The fourth-order valence-corrected chi connectivity index (χ4v) is 4.97. The molecule has 2 aliphatic heterocycles. The van der Waals surface area contributed by atoms with Crippen LogP contribution in [0.15, 0.2) is 65.9 Å². The maximum atomic E-state index is 13.4. The molecule has 2 atom stereocenters. The summed E-state index contributed by atoms with van der Waals surface area (Å²) in [6.07, 6.45) is 0. The molecule has 10 heteroatoms. The van der Waals surface area contributed by atoms with Gasteiger partial charge in [0, 0.05) is 51.5 Å². The Morgan fingerprint density at radius 1 is 1.05 bits per heavy atom. The zero-order valence-electron chi connectivity index (χ0n) is 23.0. The highest BCUT2D eigenvalue weighted by Gasteiger charge is 2.38. The molecule has 0 saturated carbocycles. The van der Waals surface area contributed by atoms with Gasteiger partial charge in [0.15, 0.2) is 0 Å². The molecule has 10 nitrogen and oxygen atoms in total. The number of carbonyl (C=O) groups excluding carboxylic acids is 3. The van der Waals surface area contributed by atoms with Gasteiger partial charge in [-0.2, -0.15) is 0 Å². The highest BCUT2D eigenvalue weighted by Crippen LogP contribution is 2.34. The predicted molar refractivity (Wildman–Crippen MR) is 147 cm³/mol. The standard InChI is InChI=1S/C29H37N5O5/c1-5-30-28(36)34-16-15-33(18-20(34)3)19-24-25(27(35)38-6-2)26(31-29(37)32(24)4)21-11-10-14-23(17-21)39-22-12-8-7-9-13-22/h7-14,17,20,26H,5-6,15-16,18-19H2,1-4H3,(H,30,36)(H,31,37)/t20-,26+/m0/s1. The molecule has 4 amide bonds. The third-order valence-corrected chi connectivity index (χ3v) is 6.92. The van der Waals surface area contributed by atoms with Crippen LogP contribution in [0.3, 0.4) is 0 Å². The molecule has 0 spiro atoms. The van der Waals surface area contributed by atoms with Crippen molar-refractivity contribution >= 4 is 18.0 Å². The minimum atomic E-state index is -0.712. The Hall–Kier alpha value is -4.05. The molecule has 2 aromatic carbocycles. The second-order valence-corrected chi connectivity index (χ2v) is 9.62. The van der Waals surface area contributed by atoms with E-state index in [1.165, 1.54) is 4.90 Å². The lowest BCUT2D eigenvalue weighted by atomic mass is 9.94. The van der Waals surface area contributed by atoms with E-state index in [9.17, 15) is 14.4 Å². The van der Waals surface area contributed by atoms with Gasteiger partial charge >= 0.3 is 18.0 Å².